The minimum Gasteiger partial charge on any atom is -0.436 e. The molecule has 0 radical (unpaired) electrons. The maximum atomic E-state index is 13.2. The van der Waals surface area contributed by atoms with E-state index in [1.807, 2.05) is 21.6 Å². The Bertz CT molecular complexity index is 937. The Balaban J connectivity index is 1.86. The summed E-state index contributed by atoms with van der Waals surface area (Å²) in [5.41, 5.74) is 3.73. The monoisotopic (exact) mass is 485 g/mol. The van der Waals surface area contributed by atoms with Gasteiger partial charge >= 0.3 is 16.3 Å². The summed E-state index contributed by atoms with van der Waals surface area (Å²) in [6.07, 6.45) is 6.00. The van der Waals surface area contributed by atoms with Crippen molar-refractivity contribution in [2.45, 2.75) is 69.1 Å². The van der Waals surface area contributed by atoms with Gasteiger partial charge in [0, 0.05) is 19.5 Å². The van der Waals surface area contributed by atoms with Crippen molar-refractivity contribution in [2.24, 2.45) is 11.7 Å². The van der Waals surface area contributed by atoms with Gasteiger partial charge in [0.05, 0.1) is 0 Å². The van der Waals surface area contributed by atoms with Crippen molar-refractivity contribution in [2.75, 3.05) is 13.6 Å². The van der Waals surface area contributed by atoms with E-state index < -0.39 is 51.7 Å². The highest BCUT2D eigenvalue weighted by Gasteiger charge is 2.61. The van der Waals surface area contributed by atoms with Gasteiger partial charge in [-0.1, -0.05) is 18.6 Å². The molecule has 3 rings (SSSR count). The summed E-state index contributed by atoms with van der Waals surface area (Å²) in [5.74, 6) is -2.25. The summed E-state index contributed by atoms with van der Waals surface area (Å²) in [6, 6.07) is -0.864. The van der Waals surface area contributed by atoms with Crippen molar-refractivity contribution in [1.29, 1.82) is 0 Å². The molecule has 0 aromatic heterocycles. The minimum absolute atomic E-state index is 0.244. The maximum Gasteiger partial charge on any atom is 0.405 e. The van der Waals surface area contributed by atoms with Crippen LogP contribution in [-0.4, -0.2) is 68.4 Å². The predicted molar refractivity (Wildman–Crippen MR) is 117 cm³/mol. The third-order valence-corrected chi connectivity index (χ3v) is 7.33. The second-order valence-electron chi connectivity index (χ2n) is 8.59. The Labute approximate surface area is 192 Å². The second kappa shape index (κ2) is 10.1. The van der Waals surface area contributed by atoms with Crippen molar-refractivity contribution in [3.8, 4) is 0 Å². The number of hydrogen-bond acceptors (Lipinski definition) is 7. The highest BCUT2D eigenvalue weighted by Crippen LogP contribution is 2.45. The van der Waals surface area contributed by atoms with Crippen molar-refractivity contribution in [1.82, 2.24) is 19.7 Å². The minimum atomic E-state index is -4.06. The molecule has 3 aliphatic rings. The molecule has 184 valence electrons. The maximum absolute atomic E-state index is 13.2. The number of nitrogens with one attached hydrogen (secondary N) is 3. The molecule has 1 saturated heterocycles. The van der Waals surface area contributed by atoms with Gasteiger partial charge < -0.3 is 20.7 Å². The van der Waals surface area contributed by atoms with E-state index in [9.17, 15) is 27.6 Å². The smallest absolute Gasteiger partial charge is 0.405 e. The van der Waals surface area contributed by atoms with Gasteiger partial charge in [-0.05, 0) is 44.9 Å². The Morgan fingerprint density at radius 2 is 1.97 bits per heavy atom. The first-order valence-electron chi connectivity index (χ1n) is 11.1. The SMILES string of the molecule is CNS(=O)(=O)NC(=O)C12CC1/C=C\CCCCCC(OC(N)=O)C(=O)N1CCCC1C(=O)N2. The quantitative estimate of drug-likeness (QED) is 0.385. The summed E-state index contributed by atoms with van der Waals surface area (Å²) >= 11 is 0. The van der Waals surface area contributed by atoms with Crippen molar-refractivity contribution < 1.29 is 32.3 Å². The van der Waals surface area contributed by atoms with E-state index >= 15 is 0 Å². The molecule has 1 aliphatic carbocycles. The van der Waals surface area contributed by atoms with Gasteiger partial charge in [-0.2, -0.15) is 8.42 Å². The molecule has 4 atom stereocenters. The molecule has 4 amide bonds. The van der Waals surface area contributed by atoms with Crippen molar-refractivity contribution >= 4 is 34.0 Å². The lowest BCUT2D eigenvalue weighted by atomic mass is 10.1. The average Bonchev–Trinajstić information content (AvgIpc) is 3.21. The molecular weight excluding hydrogens is 454 g/mol. The molecule has 12 nitrogen and oxygen atoms in total. The van der Waals surface area contributed by atoms with Gasteiger partial charge in [0.15, 0.2) is 6.10 Å². The summed E-state index contributed by atoms with van der Waals surface area (Å²) in [6.45, 7) is 0.298. The number of nitrogens with zero attached hydrogens (tertiary/aromatic N) is 1. The van der Waals surface area contributed by atoms with Gasteiger partial charge in [0.2, 0.25) is 5.91 Å². The fraction of sp³-hybridized carbons (Fsp3) is 0.700. The molecule has 4 unspecified atom stereocenters. The standard InChI is InChI=1S/C20H31N5O7S/c1-22-33(30,31)24-18(28)20-12-13(20)8-5-3-2-4-6-10-15(32-19(21)29)17(27)25-11-7-9-14(25)16(26)23-20/h5,8,13-15,22H,2-4,6-7,9-12H2,1H3,(H2,21,29)(H,23,26)(H,24,28)/b8-5-. The first-order chi connectivity index (χ1) is 15.6. The number of ether oxygens (including phenoxy) is 1. The highest BCUT2D eigenvalue weighted by atomic mass is 32.2. The zero-order valence-electron chi connectivity index (χ0n) is 18.5. The highest BCUT2D eigenvalue weighted by molar-refractivity contribution is 7.88. The van der Waals surface area contributed by atoms with E-state index in [0.29, 0.717) is 38.6 Å². The molecule has 0 aromatic carbocycles. The summed E-state index contributed by atoms with van der Waals surface area (Å²) in [7, 11) is -2.89. The van der Waals surface area contributed by atoms with Crippen LogP contribution >= 0.6 is 0 Å². The second-order valence-corrected chi connectivity index (χ2v) is 10.2. The van der Waals surface area contributed by atoms with Gasteiger partial charge in [-0.25, -0.2) is 14.2 Å². The number of nitrogens with two attached hydrogens (primary N) is 1. The Hall–Kier alpha value is -2.67. The summed E-state index contributed by atoms with van der Waals surface area (Å²) < 4.78 is 32.7. The van der Waals surface area contributed by atoms with E-state index in [0.717, 1.165) is 12.8 Å². The molecule has 0 spiro atoms. The van der Waals surface area contributed by atoms with Crippen LogP contribution in [0.4, 0.5) is 4.79 Å². The third-order valence-electron chi connectivity index (χ3n) is 6.34. The largest absolute Gasteiger partial charge is 0.436 e. The van der Waals surface area contributed by atoms with Gasteiger partial charge in [0.1, 0.15) is 11.6 Å². The number of fused-ring (bicyclic) bond motifs is 2. The molecule has 1 saturated carbocycles. The number of primary amides is 1. The molecule has 33 heavy (non-hydrogen) atoms. The fourth-order valence-corrected chi connectivity index (χ4v) is 4.97. The van der Waals surface area contributed by atoms with Crippen LogP contribution in [0.5, 0.6) is 0 Å². The van der Waals surface area contributed by atoms with Crippen LogP contribution in [0.25, 0.3) is 0 Å². The average molecular weight is 486 g/mol. The van der Waals surface area contributed by atoms with Crippen LogP contribution < -0.4 is 20.5 Å². The first kappa shape index (κ1) is 25.0. The zero-order chi connectivity index (χ0) is 24.2. The van der Waals surface area contributed by atoms with Crippen molar-refractivity contribution in [3.05, 3.63) is 12.2 Å². The molecule has 2 fully saturated rings. The number of amides is 4. The number of carbonyl (C=O) groups is 4. The summed E-state index contributed by atoms with van der Waals surface area (Å²) in [5, 5.41) is 2.71. The molecule has 2 heterocycles. The van der Waals surface area contributed by atoms with Crippen LogP contribution in [0.2, 0.25) is 0 Å². The molecule has 0 aromatic rings. The lowest BCUT2D eigenvalue weighted by Crippen LogP contribution is -2.58. The van der Waals surface area contributed by atoms with Crippen LogP contribution in [0.1, 0.15) is 51.4 Å². The van der Waals surface area contributed by atoms with Crippen LogP contribution in [-0.2, 0) is 29.3 Å². The molecule has 5 N–H and O–H groups in total. The normalized spacial score (nSPS) is 31.8. The summed E-state index contributed by atoms with van der Waals surface area (Å²) in [4.78, 5) is 51.9. The van der Waals surface area contributed by atoms with Crippen LogP contribution in [0, 0.1) is 5.92 Å². The Morgan fingerprint density at radius 3 is 2.67 bits per heavy atom. The lowest BCUT2D eigenvalue weighted by molar-refractivity contribution is -0.146. The Morgan fingerprint density at radius 1 is 1.21 bits per heavy atom. The van der Waals surface area contributed by atoms with E-state index in [2.05, 4.69) is 5.32 Å². The zero-order valence-corrected chi connectivity index (χ0v) is 19.4. The van der Waals surface area contributed by atoms with E-state index in [1.165, 1.54) is 11.9 Å². The first-order valence-corrected chi connectivity index (χ1v) is 12.6. The van der Waals surface area contributed by atoms with E-state index in [1.54, 1.807) is 0 Å². The molecular formula is C20H31N5O7S. The number of hydrogen-bond donors (Lipinski definition) is 4. The van der Waals surface area contributed by atoms with E-state index in [-0.39, 0.29) is 12.3 Å². The van der Waals surface area contributed by atoms with Gasteiger partial charge in [0.25, 0.3) is 11.8 Å². The topological polar surface area (TPSA) is 177 Å². The van der Waals surface area contributed by atoms with Crippen LogP contribution in [0.15, 0.2) is 12.2 Å². The van der Waals surface area contributed by atoms with Crippen LogP contribution in [0.3, 0.4) is 0 Å². The van der Waals surface area contributed by atoms with Gasteiger partial charge in [-0.15, -0.1) is 0 Å². The molecule has 13 heteroatoms. The Kier molecular flexibility index (Phi) is 7.62. The van der Waals surface area contributed by atoms with E-state index in [4.69, 9.17) is 10.5 Å². The molecule has 2 aliphatic heterocycles. The number of carbonyl (C=O) groups excluding carboxylic acids is 4. The van der Waals surface area contributed by atoms with Gasteiger partial charge in [-0.3, -0.25) is 14.4 Å². The fourth-order valence-electron chi connectivity index (χ4n) is 4.44. The van der Waals surface area contributed by atoms with Crippen molar-refractivity contribution in [3.63, 3.8) is 0 Å². The third kappa shape index (κ3) is 5.82. The lowest BCUT2D eigenvalue weighted by Gasteiger charge is -2.29. The predicted octanol–water partition coefficient (Wildman–Crippen LogP) is -0.583. The molecule has 0 bridgehead atoms. The number of allylic oxidation sites excluding steroid dienone is 1. The number of rotatable bonds is 4.